The predicted molar refractivity (Wildman–Crippen MR) is 140 cm³/mol. The molecule has 1 fully saturated rings. The van der Waals surface area contributed by atoms with E-state index in [9.17, 15) is 10.1 Å². The maximum absolute atomic E-state index is 13.8. The molecule has 3 aromatic rings. The van der Waals surface area contributed by atoms with Crippen LogP contribution in [-0.4, -0.2) is 35.6 Å². The van der Waals surface area contributed by atoms with Gasteiger partial charge in [-0.25, -0.2) is 0 Å². The van der Waals surface area contributed by atoms with Crippen LogP contribution in [0, 0.1) is 17.2 Å². The van der Waals surface area contributed by atoms with Gasteiger partial charge in [-0.2, -0.15) is 5.26 Å². The Morgan fingerprint density at radius 3 is 2.63 bits per heavy atom. The van der Waals surface area contributed by atoms with E-state index in [1.165, 1.54) is 30.5 Å². The summed E-state index contributed by atoms with van der Waals surface area (Å²) in [5.41, 5.74) is 7.18. The number of aliphatic hydroxyl groups excluding tert-OH is 1. The Balaban J connectivity index is 1.52. The zero-order chi connectivity index (χ0) is 24.7. The van der Waals surface area contributed by atoms with Crippen LogP contribution in [0.3, 0.4) is 0 Å². The molecule has 1 aromatic heterocycles. The lowest BCUT2D eigenvalue weighted by atomic mass is 9.70. The highest BCUT2D eigenvalue weighted by Gasteiger charge is 2.40. The highest BCUT2D eigenvalue weighted by Crippen LogP contribution is 2.46. The van der Waals surface area contributed by atoms with Crippen molar-refractivity contribution < 1.29 is 9.90 Å². The van der Waals surface area contributed by atoms with Crippen molar-refractivity contribution in [3.63, 3.8) is 0 Å². The van der Waals surface area contributed by atoms with Crippen molar-refractivity contribution in [1.29, 1.82) is 5.26 Å². The largest absolute Gasteiger partial charge is 0.396 e. The van der Waals surface area contributed by atoms with Gasteiger partial charge >= 0.3 is 0 Å². The number of nitrogens with one attached hydrogen (secondary N) is 1. The van der Waals surface area contributed by atoms with Crippen LogP contribution in [-0.2, 0) is 11.8 Å². The lowest BCUT2D eigenvalue weighted by molar-refractivity contribution is 0.103. The van der Waals surface area contributed by atoms with E-state index in [1.807, 2.05) is 12.1 Å². The molecule has 182 valence electrons. The van der Waals surface area contributed by atoms with Crippen molar-refractivity contribution in [3.05, 3.63) is 63.8 Å². The van der Waals surface area contributed by atoms with E-state index < -0.39 is 0 Å². The number of aliphatic hydroxyl groups is 1. The Labute approximate surface area is 207 Å². The molecular weight excluding hydrogens is 434 g/mol. The van der Waals surface area contributed by atoms with Gasteiger partial charge in [0.1, 0.15) is 0 Å². The van der Waals surface area contributed by atoms with Gasteiger partial charge in [-0.05, 0) is 67.0 Å². The first-order valence-corrected chi connectivity index (χ1v) is 13.0. The van der Waals surface area contributed by atoms with Gasteiger partial charge in [0.15, 0.2) is 5.78 Å². The highest BCUT2D eigenvalue weighted by molar-refractivity contribution is 6.20. The third-order valence-corrected chi connectivity index (χ3v) is 8.27. The summed E-state index contributed by atoms with van der Waals surface area (Å²) in [4.78, 5) is 19.9. The van der Waals surface area contributed by atoms with Crippen LogP contribution in [0.5, 0.6) is 0 Å². The van der Waals surface area contributed by atoms with Crippen molar-refractivity contribution >= 4 is 22.4 Å². The Morgan fingerprint density at radius 2 is 1.94 bits per heavy atom. The summed E-state index contributed by atoms with van der Waals surface area (Å²) in [6.45, 7) is 8.93. The molecule has 2 aliphatic rings. The van der Waals surface area contributed by atoms with Crippen LogP contribution in [0.4, 0.5) is 5.69 Å². The van der Waals surface area contributed by atoms with Crippen LogP contribution in [0.25, 0.3) is 10.9 Å². The molecule has 2 heterocycles. The van der Waals surface area contributed by atoms with E-state index in [-0.39, 0.29) is 11.2 Å². The number of benzene rings is 2. The van der Waals surface area contributed by atoms with Gasteiger partial charge in [0.25, 0.3) is 0 Å². The number of aromatic amines is 1. The second-order valence-corrected chi connectivity index (χ2v) is 10.7. The zero-order valence-corrected chi connectivity index (χ0v) is 21.1. The lowest BCUT2D eigenvalue weighted by Crippen LogP contribution is -2.36. The zero-order valence-electron chi connectivity index (χ0n) is 21.1. The average Bonchev–Trinajstić information content (AvgIpc) is 3.27. The fourth-order valence-electron chi connectivity index (χ4n) is 6.16. The molecule has 0 spiro atoms. The van der Waals surface area contributed by atoms with Gasteiger partial charge < -0.3 is 15.0 Å². The number of ketones is 1. The number of unbranched alkanes of at least 4 members (excludes halogenated alkanes) is 1. The van der Waals surface area contributed by atoms with Gasteiger partial charge in [0.05, 0.1) is 17.2 Å². The standard InChI is InChI=1S/C30H35N3O2/c1-4-21-16-23-24(17-26(21)33-12-10-19(11-13-33)7-5-6-14-34)30(2,3)29-27(28(23)35)22-9-8-20(18-31)15-25(22)32-29/h8-9,15-17,19,32,34H,4-7,10-14H2,1-3H3. The number of carbonyl (C=O) groups is 1. The summed E-state index contributed by atoms with van der Waals surface area (Å²) >= 11 is 0. The molecule has 0 amide bonds. The Kier molecular flexibility index (Phi) is 6.19. The van der Waals surface area contributed by atoms with Gasteiger partial charge in [0, 0.05) is 53.0 Å². The van der Waals surface area contributed by atoms with Gasteiger partial charge in [-0.1, -0.05) is 39.7 Å². The van der Waals surface area contributed by atoms with Crippen molar-refractivity contribution in [3.8, 4) is 6.07 Å². The van der Waals surface area contributed by atoms with E-state index in [0.717, 1.165) is 71.6 Å². The molecule has 1 aliphatic carbocycles. The molecule has 0 unspecified atom stereocenters. The predicted octanol–water partition coefficient (Wildman–Crippen LogP) is 5.85. The fourth-order valence-corrected chi connectivity index (χ4v) is 6.16. The molecule has 0 saturated carbocycles. The van der Waals surface area contributed by atoms with E-state index >= 15 is 0 Å². The molecule has 35 heavy (non-hydrogen) atoms. The topological polar surface area (TPSA) is 80.1 Å². The van der Waals surface area contributed by atoms with E-state index in [2.05, 4.69) is 48.9 Å². The number of carbonyl (C=O) groups excluding carboxylic acids is 1. The second-order valence-electron chi connectivity index (χ2n) is 10.7. The number of nitrogens with zero attached hydrogens (tertiary/aromatic N) is 2. The normalized spacial score (nSPS) is 17.3. The maximum Gasteiger partial charge on any atom is 0.195 e. The van der Waals surface area contributed by atoms with Crippen LogP contribution < -0.4 is 4.90 Å². The average molecular weight is 470 g/mol. The first kappa shape index (κ1) is 23.6. The van der Waals surface area contributed by atoms with E-state index in [4.69, 9.17) is 5.11 Å². The molecule has 1 saturated heterocycles. The first-order valence-electron chi connectivity index (χ1n) is 13.0. The summed E-state index contributed by atoms with van der Waals surface area (Å²) in [7, 11) is 0. The highest BCUT2D eigenvalue weighted by atomic mass is 16.2. The molecule has 2 N–H and O–H groups in total. The maximum atomic E-state index is 13.8. The molecule has 0 radical (unpaired) electrons. The smallest absolute Gasteiger partial charge is 0.195 e. The molecule has 5 nitrogen and oxygen atoms in total. The number of rotatable bonds is 6. The summed E-state index contributed by atoms with van der Waals surface area (Å²) in [6.07, 6.45) is 6.47. The number of piperidine rings is 1. The van der Waals surface area contributed by atoms with Crippen LogP contribution >= 0.6 is 0 Å². The Bertz CT molecular complexity index is 1320. The number of anilines is 1. The van der Waals surface area contributed by atoms with Crippen molar-refractivity contribution in [2.45, 2.75) is 64.7 Å². The van der Waals surface area contributed by atoms with Crippen molar-refractivity contribution in [2.24, 2.45) is 5.92 Å². The summed E-state index contributed by atoms with van der Waals surface area (Å²) in [5, 5.41) is 19.3. The lowest BCUT2D eigenvalue weighted by Gasteiger charge is -2.38. The molecule has 0 bridgehead atoms. The first-order chi connectivity index (χ1) is 16.9. The molecule has 0 atom stereocenters. The number of hydrogen-bond donors (Lipinski definition) is 2. The number of fused-ring (bicyclic) bond motifs is 4. The molecule has 5 heteroatoms. The molecule has 1 aliphatic heterocycles. The molecule has 5 rings (SSSR count). The van der Waals surface area contributed by atoms with Crippen LogP contribution in [0.2, 0.25) is 0 Å². The number of hydrogen-bond acceptors (Lipinski definition) is 4. The molecular formula is C30H35N3O2. The monoisotopic (exact) mass is 469 g/mol. The SMILES string of the molecule is CCc1cc2c(cc1N1CCC(CCCCO)CC1)C(C)(C)c1[nH]c3cc(C#N)ccc3c1C2=O. The number of aryl methyl sites for hydroxylation is 1. The summed E-state index contributed by atoms with van der Waals surface area (Å²) in [6, 6.07) is 12.2. The van der Waals surface area contributed by atoms with Crippen LogP contribution in [0.15, 0.2) is 30.3 Å². The minimum absolute atomic E-state index is 0.0779. The number of aromatic nitrogens is 1. The van der Waals surface area contributed by atoms with E-state index in [0.29, 0.717) is 12.2 Å². The van der Waals surface area contributed by atoms with Gasteiger partial charge in [-0.3, -0.25) is 4.79 Å². The van der Waals surface area contributed by atoms with Crippen molar-refractivity contribution in [2.75, 3.05) is 24.6 Å². The third kappa shape index (κ3) is 3.94. The third-order valence-electron chi connectivity index (χ3n) is 8.27. The Morgan fingerprint density at radius 1 is 1.17 bits per heavy atom. The van der Waals surface area contributed by atoms with Gasteiger partial charge in [-0.15, -0.1) is 0 Å². The number of H-pyrrole nitrogens is 1. The molecule has 2 aromatic carbocycles. The quantitative estimate of drug-likeness (QED) is 0.444. The Hall–Kier alpha value is -3.10. The minimum Gasteiger partial charge on any atom is -0.396 e. The van der Waals surface area contributed by atoms with Crippen molar-refractivity contribution in [1.82, 2.24) is 4.98 Å². The van der Waals surface area contributed by atoms with Gasteiger partial charge in [0.2, 0.25) is 0 Å². The number of nitriles is 1. The fraction of sp³-hybridized carbons (Fsp3) is 0.467. The van der Waals surface area contributed by atoms with E-state index in [1.54, 1.807) is 6.07 Å². The summed E-state index contributed by atoms with van der Waals surface area (Å²) in [5.74, 6) is 0.819. The summed E-state index contributed by atoms with van der Waals surface area (Å²) < 4.78 is 0. The second kappa shape index (κ2) is 9.17. The van der Waals surface area contributed by atoms with Crippen LogP contribution in [0.1, 0.15) is 91.2 Å². The minimum atomic E-state index is -0.353.